The zero-order valence-corrected chi connectivity index (χ0v) is 13.0. The van der Waals surface area contributed by atoms with Crippen LogP contribution in [0.3, 0.4) is 0 Å². The highest BCUT2D eigenvalue weighted by atomic mass is 16.2. The van der Waals surface area contributed by atoms with Crippen molar-refractivity contribution in [3.8, 4) is 0 Å². The summed E-state index contributed by atoms with van der Waals surface area (Å²) in [5, 5.41) is 6.59. The molecule has 0 saturated heterocycles. The third kappa shape index (κ3) is 2.63. The molecule has 0 bridgehead atoms. The van der Waals surface area contributed by atoms with E-state index in [4.69, 9.17) is 0 Å². The van der Waals surface area contributed by atoms with Crippen LogP contribution in [0.1, 0.15) is 42.8 Å². The van der Waals surface area contributed by atoms with E-state index in [0.717, 1.165) is 29.9 Å². The number of H-pyrrole nitrogens is 1. The van der Waals surface area contributed by atoms with E-state index in [9.17, 15) is 4.79 Å². The Morgan fingerprint density at radius 1 is 1.30 bits per heavy atom. The number of carbonyl (C=O) groups excluding carboxylic acids is 1. The fraction of sp³-hybridized carbons (Fsp3) is 0.471. The molecule has 1 fully saturated rings. The normalized spacial score (nSPS) is 22.0. The highest BCUT2D eigenvalue weighted by Crippen LogP contribution is 2.41. The fourth-order valence-electron chi connectivity index (χ4n) is 3.87. The Kier molecular flexibility index (Phi) is 3.61. The van der Waals surface area contributed by atoms with Crippen LogP contribution < -0.4 is 10.6 Å². The van der Waals surface area contributed by atoms with Crippen LogP contribution in [-0.2, 0) is 23.3 Å². The van der Waals surface area contributed by atoms with E-state index in [1.165, 1.54) is 12.8 Å². The lowest BCUT2D eigenvalue weighted by molar-refractivity contribution is -0.124. The van der Waals surface area contributed by atoms with Gasteiger partial charge in [0.05, 0.1) is 35.8 Å². The van der Waals surface area contributed by atoms with Crippen molar-refractivity contribution in [3.63, 3.8) is 0 Å². The number of fused-ring (bicyclic) bond motifs is 2. The maximum atomic E-state index is 12.6. The first-order valence-electron chi connectivity index (χ1n) is 8.25. The highest BCUT2D eigenvalue weighted by molar-refractivity contribution is 5.82. The van der Waals surface area contributed by atoms with Crippen molar-refractivity contribution in [1.29, 1.82) is 0 Å². The van der Waals surface area contributed by atoms with Gasteiger partial charge >= 0.3 is 0 Å². The molecule has 23 heavy (non-hydrogen) atoms. The molecule has 0 radical (unpaired) electrons. The second-order valence-corrected chi connectivity index (χ2v) is 6.46. The average molecular weight is 311 g/mol. The van der Waals surface area contributed by atoms with Crippen molar-refractivity contribution in [2.24, 2.45) is 0 Å². The molecule has 1 amide bonds. The van der Waals surface area contributed by atoms with Crippen LogP contribution >= 0.6 is 0 Å². The smallest absolute Gasteiger partial charge is 0.237 e. The standard InChI is InChI=1S/C17H21N5O/c23-16(19-10-12-5-1-4-8-18-12)14-9-13-15(21-11-20-13)17(22-14)6-2-3-7-17/h1,4-5,8,11,14,22H,2-3,6-7,9-10H2,(H,19,23)(H,20,21)/t14-/m0/s1. The largest absolute Gasteiger partial charge is 0.349 e. The number of nitrogens with zero attached hydrogens (tertiary/aromatic N) is 2. The number of imidazole rings is 1. The van der Waals surface area contributed by atoms with E-state index >= 15 is 0 Å². The van der Waals surface area contributed by atoms with Gasteiger partial charge in [0.2, 0.25) is 5.91 Å². The predicted octanol–water partition coefficient (Wildman–Crippen LogP) is 1.40. The number of rotatable bonds is 3. The van der Waals surface area contributed by atoms with E-state index in [0.29, 0.717) is 13.0 Å². The van der Waals surface area contributed by atoms with Gasteiger partial charge in [0, 0.05) is 18.3 Å². The third-order valence-electron chi connectivity index (χ3n) is 4.97. The molecule has 1 spiro atoms. The minimum Gasteiger partial charge on any atom is -0.349 e. The summed E-state index contributed by atoms with van der Waals surface area (Å²) in [5.74, 6) is 0.0298. The summed E-state index contributed by atoms with van der Waals surface area (Å²) in [6.07, 6.45) is 8.61. The first kappa shape index (κ1) is 14.4. The highest BCUT2D eigenvalue weighted by Gasteiger charge is 2.45. The molecule has 1 aliphatic carbocycles. The van der Waals surface area contributed by atoms with Gasteiger partial charge in [-0.2, -0.15) is 0 Å². The van der Waals surface area contributed by atoms with Crippen LogP contribution in [0.15, 0.2) is 30.7 Å². The molecule has 6 nitrogen and oxygen atoms in total. The van der Waals surface area contributed by atoms with Crippen LogP contribution in [0.25, 0.3) is 0 Å². The number of aromatic amines is 1. The van der Waals surface area contributed by atoms with Gasteiger partial charge in [-0.3, -0.25) is 15.1 Å². The van der Waals surface area contributed by atoms with Gasteiger partial charge in [-0.15, -0.1) is 0 Å². The molecule has 2 aliphatic rings. The Morgan fingerprint density at radius 3 is 2.96 bits per heavy atom. The van der Waals surface area contributed by atoms with Crippen molar-refractivity contribution in [2.45, 2.75) is 50.2 Å². The van der Waals surface area contributed by atoms with Crippen molar-refractivity contribution in [2.75, 3.05) is 0 Å². The number of hydrogen-bond donors (Lipinski definition) is 3. The molecule has 2 aromatic rings. The summed E-state index contributed by atoms with van der Waals surface area (Å²) in [6.45, 7) is 0.459. The molecule has 1 aliphatic heterocycles. The molecule has 2 aromatic heterocycles. The van der Waals surface area contributed by atoms with Crippen LogP contribution in [0.2, 0.25) is 0 Å². The number of carbonyl (C=O) groups is 1. The minimum absolute atomic E-state index is 0.0298. The summed E-state index contributed by atoms with van der Waals surface area (Å²) in [6, 6.07) is 5.50. The Balaban J connectivity index is 1.48. The molecule has 1 atom stereocenters. The molecule has 4 rings (SSSR count). The van der Waals surface area contributed by atoms with Crippen molar-refractivity contribution >= 4 is 5.91 Å². The van der Waals surface area contributed by atoms with Gasteiger partial charge in [0.1, 0.15) is 0 Å². The molecule has 0 unspecified atom stereocenters. The second-order valence-electron chi connectivity index (χ2n) is 6.46. The topological polar surface area (TPSA) is 82.7 Å². The molecule has 1 saturated carbocycles. The van der Waals surface area contributed by atoms with Crippen molar-refractivity contribution in [3.05, 3.63) is 47.8 Å². The number of pyridine rings is 1. The number of amides is 1. The Morgan fingerprint density at radius 2 is 2.17 bits per heavy atom. The van der Waals surface area contributed by atoms with Gasteiger partial charge in [0.25, 0.3) is 0 Å². The van der Waals surface area contributed by atoms with E-state index in [-0.39, 0.29) is 17.5 Å². The first-order chi connectivity index (χ1) is 11.3. The Hall–Kier alpha value is -2.21. The third-order valence-corrected chi connectivity index (χ3v) is 4.97. The molecule has 3 heterocycles. The van der Waals surface area contributed by atoms with E-state index in [1.54, 1.807) is 12.5 Å². The summed E-state index contributed by atoms with van der Waals surface area (Å²) in [5.41, 5.74) is 2.96. The van der Waals surface area contributed by atoms with Crippen LogP contribution in [0.5, 0.6) is 0 Å². The second kappa shape index (κ2) is 5.77. The average Bonchev–Trinajstić information content (AvgIpc) is 3.24. The van der Waals surface area contributed by atoms with Gasteiger partial charge in [0.15, 0.2) is 0 Å². The van der Waals surface area contributed by atoms with Gasteiger partial charge < -0.3 is 10.3 Å². The predicted molar refractivity (Wildman–Crippen MR) is 85.4 cm³/mol. The summed E-state index contributed by atoms with van der Waals surface area (Å²) < 4.78 is 0. The lowest BCUT2D eigenvalue weighted by atomic mass is 9.85. The zero-order chi connectivity index (χ0) is 15.7. The maximum absolute atomic E-state index is 12.6. The summed E-state index contributed by atoms with van der Waals surface area (Å²) >= 11 is 0. The molecular formula is C17H21N5O. The number of hydrogen-bond acceptors (Lipinski definition) is 4. The lowest BCUT2D eigenvalue weighted by Gasteiger charge is -2.38. The van der Waals surface area contributed by atoms with E-state index in [1.807, 2.05) is 18.2 Å². The molecule has 3 N–H and O–H groups in total. The van der Waals surface area contributed by atoms with Crippen LogP contribution in [0, 0.1) is 0 Å². The molecular weight excluding hydrogens is 290 g/mol. The maximum Gasteiger partial charge on any atom is 0.237 e. The first-order valence-corrected chi connectivity index (χ1v) is 8.25. The zero-order valence-electron chi connectivity index (χ0n) is 13.0. The van der Waals surface area contributed by atoms with Gasteiger partial charge in [-0.25, -0.2) is 4.98 Å². The SMILES string of the molecule is O=C(NCc1ccccn1)[C@@H]1Cc2[nH]cnc2C2(CCCC2)N1. The Bertz CT molecular complexity index is 690. The van der Waals surface area contributed by atoms with Crippen LogP contribution in [-0.4, -0.2) is 26.9 Å². The van der Waals surface area contributed by atoms with E-state index < -0.39 is 0 Å². The monoisotopic (exact) mass is 311 g/mol. The summed E-state index contributed by atoms with van der Waals surface area (Å²) in [7, 11) is 0. The molecule has 0 aromatic carbocycles. The van der Waals surface area contributed by atoms with Gasteiger partial charge in [-0.05, 0) is 25.0 Å². The molecule has 120 valence electrons. The Labute approximate surface area is 135 Å². The minimum atomic E-state index is -0.218. The lowest BCUT2D eigenvalue weighted by Crippen LogP contribution is -2.57. The van der Waals surface area contributed by atoms with E-state index in [2.05, 4.69) is 25.6 Å². The number of nitrogens with one attached hydrogen (secondary N) is 3. The molecule has 6 heteroatoms. The van der Waals surface area contributed by atoms with Crippen molar-refractivity contribution in [1.82, 2.24) is 25.6 Å². The number of aromatic nitrogens is 3. The fourth-order valence-corrected chi connectivity index (χ4v) is 3.87. The van der Waals surface area contributed by atoms with Crippen molar-refractivity contribution < 1.29 is 4.79 Å². The summed E-state index contributed by atoms with van der Waals surface area (Å²) in [4.78, 5) is 24.6. The van der Waals surface area contributed by atoms with Gasteiger partial charge in [-0.1, -0.05) is 18.9 Å². The quantitative estimate of drug-likeness (QED) is 0.800. The van der Waals surface area contributed by atoms with Crippen LogP contribution in [0.4, 0.5) is 0 Å².